The quantitative estimate of drug-likeness (QED) is 0.570. The number of piperazine rings is 1. The summed E-state index contributed by atoms with van der Waals surface area (Å²) in [5, 5.41) is 0. The molecule has 3 aromatic rings. The van der Waals surface area contributed by atoms with E-state index in [1.807, 2.05) is 60.7 Å². The Labute approximate surface area is 199 Å². The van der Waals surface area contributed by atoms with Crippen molar-refractivity contribution >= 4 is 17.7 Å². The zero-order valence-corrected chi connectivity index (χ0v) is 19.3. The van der Waals surface area contributed by atoms with E-state index >= 15 is 0 Å². The summed E-state index contributed by atoms with van der Waals surface area (Å²) in [6.45, 7) is 4.39. The molecule has 4 rings (SSSR count). The van der Waals surface area contributed by atoms with Crippen LogP contribution in [0.1, 0.15) is 21.5 Å². The third kappa shape index (κ3) is 6.32. The largest absolute Gasteiger partial charge is 0.434 e. The number of hydroxylamine groups is 1. The highest BCUT2D eigenvalue weighted by Gasteiger charge is 2.20. The molecule has 1 saturated heterocycles. The summed E-state index contributed by atoms with van der Waals surface area (Å²) in [7, 11) is 2.10. The molecule has 0 radical (unpaired) electrons. The van der Waals surface area contributed by atoms with Gasteiger partial charge in [-0.25, -0.2) is 4.79 Å². The van der Waals surface area contributed by atoms with E-state index in [-0.39, 0.29) is 0 Å². The van der Waals surface area contributed by atoms with Crippen LogP contribution in [-0.2, 0) is 17.9 Å². The molecular formula is C26H29N5O3. The SMILES string of the molecule is CN1CCN(c2cccc(C(=O)NOC(=O)N(Cc3ccccc3)Cc3cccnc3)c2)CC1. The average molecular weight is 460 g/mol. The number of carbonyl (C=O) groups is 2. The minimum atomic E-state index is -0.642. The van der Waals surface area contributed by atoms with Crippen LogP contribution in [0.3, 0.4) is 0 Å². The van der Waals surface area contributed by atoms with Crippen molar-refractivity contribution in [2.75, 3.05) is 38.1 Å². The fourth-order valence-electron chi connectivity index (χ4n) is 3.82. The highest BCUT2D eigenvalue weighted by molar-refractivity contribution is 5.95. The molecule has 0 atom stereocenters. The second kappa shape index (κ2) is 11.3. The van der Waals surface area contributed by atoms with E-state index in [4.69, 9.17) is 4.84 Å². The van der Waals surface area contributed by atoms with Gasteiger partial charge in [0.05, 0.1) is 6.54 Å². The van der Waals surface area contributed by atoms with Gasteiger partial charge in [0.25, 0.3) is 5.91 Å². The number of benzene rings is 2. The predicted molar refractivity (Wildman–Crippen MR) is 130 cm³/mol. The first-order chi connectivity index (χ1) is 16.6. The Balaban J connectivity index is 1.39. The van der Waals surface area contributed by atoms with Crippen molar-refractivity contribution in [3.05, 3.63) is 95.8 Å². The van der Waals surface area contributed by atoms with E-state index < -0.39 is 12.0 Å². The van der Waals surface area contributed by atoms with Crippen molar-refractivity contribution in [1.29, 1.82) is 0 Å². The summed E-state index contributed by atoms with van der Waals surface area (Å²) in [4.78, 5) is 41.0. The van der Waals surface area contributed by atoms with Crippen LogP contribution in [0.15, 0.2) is 79.1 Å². The molecule has 0 spiro atoms. The molecule has 8 nitrogen and oxygen atoms in total. The second-order valence-electron chi connectivity index (χ2n) is 8.34. The van der Waals surface area contributed by atoms with Crippen molar-refractivity contribution in [2.24, 2.45) is 0 Å². The first-order valence-electron chi connectivity index (χ1n) is 11.3. The molecule has 2 aromatic carbocycles. The standard InChI is InChI=1S/C26H29N5O3/c1-29-13-15-30(16-14-29)24-11-5-10-23(17-24)25(32)28-34-26(33)31(19-21-7-3-2-4-8-21)20-22-9-6-12-27-18-22/h2-12,17-18H,13-16,19-20H2,1H3,(H,28,32). The number of nitrogens with zero attached hydrogens (tertiary/aromatic N) is 4. The summed E-state index contributed by atoms with van der Waals surface area (Å²) in [5.74, 6) is -0.467. The Morgan fingerprint density at radius 3 is 2.41 bits per heavy atom. The summed E-state index contributed by atoms with van der Waals surface area (Å²) < 4.78 is 0. The summed E-state index contributed by atoms with van der Waals surface area (Å²) in [6.07, 6.45) is 2.74. The van der Waals surface area contributed by atoms with Crippen LogP contribution in [0.5, 0.6) is 0 Å². The third-order valence-corrected chi connectivity index (χ3v) is 5.78. The second-order valence-corrected chi connectivity index (χ2v) is 8.34. The Kier molecular flexibility index (Phi) is 7.72. The molecule has 1 aliphatic heterocycles. The van der Waals surface area contributed by atoms with Crippen LogP contribution >= 0.6 is 0 Å². The number of hydrogen-bond donors (Lipinski definition) is 1. The van der Waals surface area contributed by atoms with Crippen LogP contribution in [0, 0.1) is 0 Å². The van der Waals surface area contributed by atoms with Crippen molar-refractivity contribution < 1.29 is 14.4 Å². The van der Waals surface area contributed by atoms with E-state index in [2.05, 4.69) is 27.3 Å². The van der Waals surface area contributed by atoms with Crippen LogP contribution in [-0.4, -0.2) is 60.0 Å². The van der Waals surface area contributed by atoms with E-state index in [1.165, 1.54) is 4.90 Å². The monoisotopic (exact) mass is 459 g/mol. The van der Waals surface area contributed by atoms with Crippen LogP contribution in [0.2, 0.25) is 0 Å². The van der Waals surface area contributed by atoms with Gasteiger partial charge in [-0.15, -0.1) is 0 Å². The summed E-state index contributed by atoms with van der Waals surface area (Å²) in [6, 6.07) is 20.7. The zero-order chi connectivity index (χ0) is 23.8. The van der Waals surface area contributed by atoms with Crippen molar-refractivity contribution in [3.63, 3.8) is 0 Å². The van der Waals surface area contributed by atoms with Crippen LogP contribution in [0.25, 0.3) is 0 Å². The maximum atomic E-state index is 12.9. The van der Waals surface area contributed by atoms with E-state index in [0.717, 1.165) is 43.0 Å². The molecule has 1 fully saturated rings. The Hall–Kier alpha value is -3.91. The first-order valence-corrected chi connectivity index (χ1v) is 11.3. The minimum absolute atomic E-state index is 0.302. The number of likely N-dealkylation sites (N-methyl/N-ethyl adjacent to an activating group) is 1. The maximum Gasteiger partial charge on any atom is 0.434 e. The molecule has 0 saturated carbocycles. The molecule has 0 aliphatic carbocycles. The van der Waals surface area contributed by atoms with Gasteiger partial charge in [0.1, 0.15) is 0 Å². The van der Waals surface area contributed by atoms with Gasteiger partial charge in [0, 0.05) is 56.4 Å². The predicted octanol–water partition coefficient (Wildman–Crippen LogP) is 3.32. The lowest BCUT2D eigenvalue weighted by molar-refractivity contribution is 0.0397. The van der Waals surface area contributed by atoms with Gasteiger partial charge in [-0.05, 0) is 42.4 Å². The first kappa shape index (κ1) is 23.3. The lowest BCUT2D eigenvalue weighted by atomic mass is 10.1. The van der Waals surface area contributed by atoms with Crippen molar-refractivity contribution in [2.45, 2.75) is 13.1 Å². The molecule has 2 amide bonds. The smallest absolute Gasteiger partial charge is 0.369 e. The highest BCUT2D eigenvalue weighted by Crippen LogP contribution is 2.18. The lowest BCUT2D eigenvalue weighted by Crippen LogP contribution is -2.44. The van der Waals surface area contributed by atoms with Gasteiger partial charge in [0.15, 0.2) is 0 Å². The van der Waals surface area contributed by atoms with Crippen molar-refractivity contribution in [1.82, 2.24) is 20.3 Å². The normalized spacial score (nSPS) is 13.9. The summed E-state index contributed by atoms with van der Waals surface area (Å²) in [5.41, 5.74) is 5.55. The fourth-order valence-corrected chi connectivity index (χ4v) is 3.82. The van der Waals surface area contributed by atoms with Gasteiger partial charge in [-0.3, -0.25) is 14.7 Å². The molecular weight excluding hydrogens is 430 g/mol. The number of hydrogen-bond acceptors (Lipinski definition) is 6. The number of amides is 2. The number of rotatable bonds is 6. The van der Waals surface area contributed by atoms with E-state index in [9.17, 15) is 9.59 Å². The Morgan fingerprint density at radius 2 is 1.68 bits per heavy atom. The molecule has 0 bridgehead atoms. The van der Waals surface area contributed by atoms with Gasteiger partial charge in [0.2, 0.25) is 0 Å². The lowest BCUT2D eigenvalue weighted by Gasteiger charge is -2.34. The van der Waals surface area contributed by atoms with Crippen LogP contribution in [0.4, 0.5) is 10.5 Å². The van der Waals surface area contributed by atoms with E-state index in [1.54, 1.807) is 18.5 Å². The van der Waals surface area contributed by atoms with Gasteiger partial charge in [-0.1, -0.05) is 42.5 Å². The van der Waals surface area contributed by atoms with Gasteiger partial charge < -0.3 is 14.6 Å². The van der Waals surface area contributed by atoms with Gasteiger partial charge in [-0.2, -0.15) is 5.48 Å². The summed E-state index contributed by atoms with van der Waals surface area (Å²) >= 11 is 0. The number of nitrogens with one attached hydrogen (secondary N) is 1. The molecule has 1 aliphatic rings. The molecule has 0 unspecified atom stereocenters. The average Bonchev–Trinajstić information content (AvgIpc) is 2.88. The Morgan fingerprint density at radius 1 is 0.941 bits per heavy atom. The third-order valence-electron chi connectivity index (χ3n) is 5.78. The molecule has 1 aromatic heterocycles. The maximum absolute atomic E-state index is 12.9. The zero-order valence-electron chi connectivity index (χ0n) is 19.3. The Bertz CT molecular complexity index is 1040. The van der Waals surface area contributed by atoms with E-state index in [0.29, 0.717) is 18.7 Å². The molecule has 2 heterocycles. The van der Waals surface area contributed by atoms with Crippen LogP contribution < -0.4 is 10.4 Å². The highest BCUT2D eigenvalue weighted by atomic mass is 16.7. The number of carbonyl (C=O) groups excluding carboxylic acids is 2. The minimum Gasteiger partial charge on any atom is -0.369 e. The molecule has 8 heteroatoms. The number of pyridine rings is 1. The molecule has 176 valence electrons. The van der Waals surface area contributed by atoms with Gasteiger partial charge >= 0.3 is 6.09 Å². The number of anilines is 1. The molecule has 1 N–H and O–H groups in total. The number of aromatic nitrogens is 1. The molecule has 34 heavy (non-hydrogen) atoms. The fraction of sp³-hybridized carbons (Fsp3) is 0.269. The van der Waals surface area contributed by atoms with Crippen molar-refractivity contribution in [3.8, 4) is 0 Å². The topological polar surface area (TPSA) is 78.0 Å².